The molecule has 0 saturated carbocycles. The number of methoxy groups -OCH3 is 2. The molecule has 2 aromatic carbocycles. The van der Waals surface area contributed by atoms with E-state index in [1.807, 2.05) is 31.2 Å². The van der Waals surface area contributed by atoms with Crippen LogP contribution in [0.4, 0.5) is 0 Å². The van der Waals surface area contributed by atoms with Crippen LogP contribution in [0.5, 0.6) is 5.75 Å². The molecule has 2 aromatic rings. The van der Waals surface area contributed by atoms with Crippen LogP contribution >= 0.6 is 15.9 Å². The molecule has 0 unspecified atom stereocenters. The van der Waals surface area contributed by atoms with Crippen molar-refractivity contribution in [1.29, 1.82) is 0 Å². The van der Waals surface area contributed by atoms with Crippen LogP contribution in [0, 0.1) is 6.92 Å². The molecule has 158 valence electrons. The van der Waals surface area contributed by atoms with Gasteiger partial charge in [0.15, 0.2) is 0 Å². The third kappa shape index (κ3) is 4.27. The number of amides is 1. The lowest BCUT2D eigenvalue weighted by molar-refractivity contribution is -0.140. The van der Waals surface area contributed by atoms with Gasteiger partial charge in [-0.25, -0.2) is 0 Å². The Hall–Kier alpha value is -2.64. The number of hydrogen-bond donors (Lipinski definition) is 1. The molecule has 1 atom stereocenters. The predicted octanol–water partition coefficient (Wildman–Crippen LogP) is 4.22. The molecule has 0 aromatic heterocycles. The molecule has 0 radical (unpaired) electrons. The molecule has 1 amide bonds. The van der Waals surface area contributed by atoms with Gasteiger partial charge in [0.2, 0.25) is 0 Å². The topological polar surface area (TPSA) is 76.1 Å². The fraction of sp³-hybridized carbons (Fsp3) is 0.304. The molecular formula is C23H24BrNO5. The van der Waals surface area contributed by atoms with Crippen LogP contribution in [0.25, 0.3) is 5.76 Å². The Labute approximate surface area is 184 Å². The Bertz CT molecular complexity index is 1000. The highest BCUT2D eigenvalue weighted by molar-refractivity contribution is 9.10. The van der Waals surface area contributed by atoms with Gasteiger partial charge in [0, 0.05) is 30.3 Å². The first-order valence-corrected chi connectivity index (χ1v) is 10.4. The van der Waals surface area contributed by atoms with Crippen molar-refractivity contribution in [1.82, 2.24) is 4.90 Å². The second-order valence-corrected chi connectivity index (χ2v) is 7.99. The number of rotatable bonds is 7. The quantitative estimate of drug-likeness (QED) is 0.282. The standard InChI is InChI=1S/C23H24BrNO5/c1-14-12-16(8-9-18(14)30-3)21(26)19-20(15-6-4-7-17(24)13-15)25(10-5-11-29-2)23(28)22(19)27/h4,6-9,12-13,20,26H,5,10-11H2,1-3H3/b21-19+/t20-/m0/s1. The van der Waals surface area contributed by atoms with Gasteiger partial charge >= 0.3 is 0 Å². The number of Topliss-reactive ketones (excluding diaryl/α,β-unsaturated/α-hetero) is 1. The lowest BCUT2D eigenvalue weighted by Gasteiger charge is -2.25. The van der Waals surface area contributed by atoms with Crippen molar-refractivity contribution in [3.63, 3.8) is 0 Å². The molecular weight excluding hydrogens is 450 g/mol. The SMILES string of the molecule is COCCCN1C(=O)C(=O)/C(=C(/O)c2ccc(OC)c(C)c2)[C@@H]1c1cccc(Br)c1. The summed E-state index contributed by atoms with van der Waals surface area (Å²) in [7, 11) is 3.16. The second kappa shape index (κ2) is 9.45. The van der Waals surface area contributed by atoms with Crippen LogP contribution in [0.1, 0.15) is 29.2 Å². The average molecular weight is 474 g/mol. The van der Waals surface area contributed by atoms with Gasteiger partial charge in [0.1, 0.15) is 11.5 Å². The zero-order chi connectivity index (χ0) is 21.8. The van der Waals surface area contributed by atoms with Gasteiger partial charge < -0.3 is 19.5 Å². The fourth-order valence-corrected chi connectivity index (χ4v) is 4.11. The summed E-state index contributed by atoms with van der Waals surface area (Å²) in [5.41, 5.74) is 2.10. The molecule has 0 bridgehead atoms. The Kier molecular flexibility index (Phi) is 6.95. The first-order chi connectivity index (χ1) is 14.4. The van der Waals surface area contributed by atoms with Crippen molar-refractivity contribution in [2.24, 2.45) is 0 Å². The maximum Gasteiger partial charge on any atom is 0.295 e. The van der Waals surface area contributed by atoms with E-state index in [4.69, 9.17) is 9.47 Å². The van der Waals surface area contributed by atoms with Gasteiger partial charge in [-0.15, -0.1) is 0 Å². The minimum absolute atomic E-state index is 0.0834. The Morgan fingerprint density at radius 3 is 2.57 bits per heavy atom. The number of carbonyl (C=O) groups excluding carboxylic acids is 2. The van der Waals surface area contributed by atoms with Crippen molar-refractivity contribution >= 4 is 33.4 Å². The molecule has 6 nitrogen and oxygen atoms in total. The van der Waals surface area contributed by atoms with E-state index in [1.165, 1.54) is 4.90 Å². The zero-order valence-electron chi connectivity index (χ0n) is 17.1. The highest BCUT2D eigenvalue weighted by Crippen LogP contribution is 2.40. The highest BCUT2D eigenvalue weighted by Gasteiger charge is 2.45. The van der Waals surface area contributed by atoms with Crippen LogP contribution in [-0.2, 0) is 14.3 Å². The predicted molar refractivity (Wildman–Crippen MR) is 117 cm³/mol. The number of aliphatic hydroxyl groups excluding tert-OH is 1. The summed E-state index contributed by atoms with van der Waals surface area (Å²) < 4.78 is 11.2. The molecule has 1 saturated heterocycles. The van der Waals surface area contributed by atoms with Gasteiger partial charge in [-0.3, -0.25) is 9.59 Å². The smallest absolute Gasteiger partial charge is 0.295 e. The Balaban J connectivity index is 2.13. The zero-order valence-corrected chi connectivity index (χ0v) is 18.7. The molecule has 7 heteroatoms. The van der Waals surface area contributed by atoms with Gasteiger partial charge in [-0.1, -0.05) is 28.1 Å². The lowest BCUT2D eigenvalue weighted by Crippen LogP contribution is -2.31. The van der Waals surface area contributed by atoms with Crippen LogP contribution in [0.3, 0.4) is 0 Å². The minimum atomic E-state index is -0.691. The number of ketones is 1. The van der Waals surface area contributed by atoms with E-state index in [2.05, 4.69) is 15.9 Å². The summed E-state index contributed by atoms with van der Waals surface area (Å²) in [6.45, 7) is 2.66. The third-order valence-electron chi connectivity index (χ3n) is 5.12. The number of halogens is 1. The number of ether oxygens (including phenoxy) is 2. The van der Waals surface area contributed by atoms with E-state index in [9.17, 15) is 14.7 Å². The number of hydrogen-bond acceptors (Lipinski definition) is 5. The van der Waals surface area contributed by atoms with Crippen LogP contribution in [0.15, 0.2) is 52.5 Å². The molecule has 1 aliphatic heterocycles. The molecule has 1 aliphatic rings. The molecule has 3 rings (SSSR count). The summed E-state index contributed by atoms with van der Waals surface area (Å²) >= 11 is 3.45. The van der Waals surface area contributed by atoms with Crippen molar-refractivity contribution in [2.75, 3.05) is 27.4 Å². The number of nitrogens with zero attached hydrogens (tertiary/aromatic N) is 1. The van der Waals surface area contributed by atoms with E-state index in [0.717, 1.165) is 15.6 Å². The second-order valence-electron chi connectivity index (χ2n) is 7.08. The van der Waals surface area contributed by atoms with Crippen molar-refractivity contribution in [3.05, 3.63) is 69.2 Å². The number of benzene rings is 2. The van der Waals surface area contributed by atoms with E-state index >= 15 is 0 Å². The van der Waals surface area contributed by atoms with Crippen LogP contribution in [-0.4, -0.2) is 49.1 Å². The Morgan fingerprint density at radius 2 is 1.93 bits per heavy atom. The first kappa shape index (κ1) is 22.1. The molecule has 1 fully saturated rings. The van der Waals surface area contributed by atoms with E-state index in [1.54, 1.807) is 32.4 Å². The van der Waals surface area contributed by atoms with Gasteiger partial charge in [0.25, 0.3) is 11.7 Å². The Morgan fingerprint density at radius 1 is 1.17 bits per heavy atom. The summed E-state index contributed by atoms with van der Waals surface area (Å²) in [6, 6.07) is 11.9. The van der Waals surface area contributed by atoms with E-state index in [0.29, 0.717) is 30.9 Å². The monoisotopic (exact) mass is 473 g/mol. The first-order valence-electron chi connectivity index (χ1n) is 9.56. The van der Waals surface area contributed by atoms with Crippen LogP contribution < -0.4 is 4.74 Å². The van der Waals surface area contributed by atoms with E-state index in [-0.39, 0.29) is 11.3 Å². The molecule has 0 spiro atoms. The number of aliphatic hydroxyl groups is 1. The summed E-state index contributed by atoms with van der Waals surface area (Å²) in [4.78, 5) is 27.3. The summed E-state index contributed by atoms with van der Waals surface area (Å²) in [5.74, 6) is -0.834. The van der Waals surface area contributed by atoms with Crippen molar-refractivity contribution < 1.29 is 24.2 Å². The normalized spacial score (nSPS) is 18.1. The molecule has 1 heterocycles. The third-order valence-corrected chi connectivity index (χ3v) is 5.61. The maximum atomic E-state index is 13.0. The van der Waals surface area contributed by atoms with Crippen molar-refractivity contribution in [3.8, 4) is 5.75 Å². The highest BCUT2D eigenvalue weighted by atomic mass is 79.9. The fourth-order valence-electron chi connectivity index (χ4n) is 3.69. The lowest BCUT2D eigenvalue weighted by atomic mass is 9.95. The van der Waals surface area contributed by atoms with Gasteiger partial charge in [0.05, 0.1) is 18.7 Å². The number of carbonyl (C=O) groups is 2. The van der Waals surface area contributed by atoms with Gasteiger partial charge in [-0.2, -0.15) is 0 Å². The number of aryl methyl sites for hydroxylation is 1. The maximum absolute atomic E-state index is 13.0. The van der Waals surface area contributed by atoms with Crippen LogP contribution in [0.2, 0.25) is 0 Å². The molecule has 0 aliphatic carbocycles. The minimum Gasteiger partial charge on any atom is -0.507 e. The summed E-state index contributed by atoms with van der Waals surface area (Å²) in [6.07, 6.45) is 0.579. The van der Waals surface area contributed by atoms with Crippen molar-refractivity contribution in [2.45, 2.75) is 19.4 Å². The number of likely N-dealkylation sites (tertiary alicyclic amines) is 1. The molecule has 1 N–H and O–H groups in total. The van der Waals surface area contributed by atoms with E-state index < -0.39 is 17.7 Å². The average Bonchev–Trinajstić information content (AvgIpc) is 2.98. The summed E-state index contributed by atoms with van der Waals surface area (Å²) in [5, 5.41) is 11.1. The molecule has 30 heavy (non-hydrogen) atoms. The largest absolute Gasteiger partial charge is 0.507 e. The van der Waals surface area contributed by atoms with Gasteiger partial charge in [-0.05, 0) is 54.8 Å².